The zero-order valence-corrected chi connectivity index (χ0v) is 17.4. The molecule has 0 spiro atoms. The van der Waals surface area contributed by atoms with Crippen LogP contribution in [0.1, 0.15) is 22.5 Å². The lowest BCUT2D eigenvalue weighted by atomic mass is 10.1. The number of aromatic nitrogens is 2. The molecule has 0 atom stereocenters. The minimum absolute atomic E-state index is 0.114. The number of aromatic amines is 1. The Bertz CT molecular complexity index is 1110. The van der Waals surface area contributed by atoms with Gasteiger partial charge in [-0.1, -0.05) is 54.1 Å². The van der Waals surface area contributed by atoms with Crippen LogP contribution in [0.25, 0.3) is 11.0 Å². The number of nitrogens with one attached hydrogen (secondary N) is 2. The van der Waals surface area contributed by atoms with Gasteiger partial charge in [-0.15, -0.1) is 0 Å². The summed E-state index contributed by atoms with van der Waals surface area (Å²) in [5, 5.41) is 3.03. The van der Waals surface area contributed by atoms with Crippen molar-refractivity contribution in [2.45, 2.75) is 26.8 Å². The van der Waals surface area contributed by atoms with Crippen LogP contribution in [0.4, 0.5) is 10.5 Å². The summed E-state index contributed by atoms with van der Waals surface area (Å²) >= 11 is 0. The Labute approximate surface area is 176 Å². The zero-order chi connectivity index (χ0) is 20.9. The molecule has 0 fully saturated rings. The van der Waals surface area contributed by atoms with E-state index in [1.54, 1.807) is 0 Å². The fraction of sp³-hybridized carbons (Fsp3) is 0.200. The lowest BCUT2D eigenvalue weighted by Gasteiger charge is -2.23. The molecule has 5 nitrogen and oxygen atoms in total. The van der Waals surface area contributed by atoms with E-state index in [2.05, 4.69) is 46.5 Å². The smallest absolute Gasteiger partial charge is 0.322 e. The lowest BCUT2D eigenvalue weighted by molar-refractivity contribution is 0.209. The van der Waals surface area contributed by atoms with Gasteiger partial charge in [0.15, 0.2) is 0 Å². The predicted molar refractivity (Wildman–Crippen MR) is 122 cm³/mol. The third kappa shape index (κ3) is 4.87. The fourth-order valence-electron chi connectivity index (χ4n) is 3.46. The van der Waals surface area contributed by atoms with E-state index in [0.717, 1.165) is 33.7 Å². The normalized spacial score (nSPS) is 10.9. The number of benzene rings is 3. The Kier molecular flexibility index (Phi) is 5.80. The van der Waals surface area contributed by atoms with Crippen molar-refractivity contribution in [2.24, 2.45) is 0 Å². The van der Waals surface area contributed by atoms with Crippen molar-refractivity contribution in [1.29, 1.82) is 0 Å². The average Bonchev–Trinajstić information content (AvgIpc) is 3.15. The van der Waals surface area contributed by atoms with Crippen LogP contribution in [0, 0.1) is 13.8 Å². The van der Waals surface area contributed by atoms with Crippen LogP contribution in [0.15, 0.2) is 72.8 Å². The van der Waals surface area contributed by atoms with Crippen LogP contribution in [0.2, 0.25) is 0 Å². The number of anilines is 1. The van der Waals surface area contributed by atoms with E-state index in [-0.39, 0.29) is 6.03 Å². The molecule has 3 aromatic carbocycles. The fourth-order valence-corrected chi connectivity index (χ4v) is 3.46. The van der Waals surface area contributed by atoms with E-state index >= 15 is 0 Å². The molecular weight excluding hydrogens is 372 g/mol. The number of nitrogens with zero attached hydrogens (tertiary/aromatic N) is 2. The highest BCUT2D eigenvalue weighted by Gasteiger charge is 2.15. The summed E-state index contributed by atoms with van der Waals surface area (Å²) in [4.78, 5) is 22.9. The minimum Gasteiger partial charge on any atom is -0.342 e. The zero-order valence-electron chi connectivity index (χ0n) is 17.4. The standard InChI is InChI=1S/C25H26N4O/c1-18-10-12-20(13-11-18)17-29(25(30)26-21-7-5-6-19(2)16-21)15-14-24-27-22-8-3-4-9-23(22)28-24/h3-13,16H,14-15,17H2,1-2H3,(H,26,30)(H,27,28). The highest BCUT2D eigenvalue weighted by atomic mass is 16.2. The first-order valence-corrected chi connectivity index (χ1v) is 10.2. The number of fused-ring (bicyclic) bond motifs is 1. The van der Waals surface area contributed by atoms with E-state index in [9.17, 15) is 4.79 Å². The summed E-state index contributed by atoms with van der Waals surface area (Å²) in [6.45, 7) is 5.18. The van der Waals surface area contributed by atoms with E-state index in [4.69, 9.17) is 0 Å². The van der Waals surface area contributed by atoms with Crippen molar-refractivity contribution in [1.82, 2.24) is 14.9 Å². The van der Waals surface area contributed by atoms with Gasteiger partial charge in [-0.05, 0) is 49.2 Å². The van der Waals surface area contributed by atoms with Gasteiger partial charge in [0.2, 0.25) is 0 Å². The Balaban J connectivity index is 1.50. The number of urea groups is 1. The van der Waals surface area contributed by atoms with Crippen LogP contribution in [0.3, 0.4) is 0 Å². The maximum Gasteiger partial charge on any atom is 0.322 e. The predicted octanol–water partition coefficient (Wildman–Crippen LogP) is 5.46. The van der Waals surface area contributed by atoms with Crippen molar-refractivity contribution < 1.29 is 4.79 Å². The van der Waals surface area contributed by atoms with Crippen molar-refractivity contribution in [2.75, 3.05) is 11.9 Å². The number of para-hydroxylation sites is 2. The van der Waals surface area contributed by atoms with Crippen LogP contribution < -0.4 is 5.32 Å². The van der Waals surface area contributed by atoms with E-state index in [0.29, 0.717) is 19.5 Å². The summed E-state index contributed by atoms with van der Waals surface area (Å²) in [7, 11) is 0. The second-order valence-electron chi connectivity index (χ2n) is 7.66. The minimum atomic E-state index is -0.114. The summed E-state index contributed by atoms with van der Waals surface area (Å²) in [5.41, 5.74) is 6.18. The Morgan fingerprint density at radius 3 is 2.53 bits per heavy atom. The molecule has 152 valence electrons. The summed E-state index contributed by atoms with van der Waals surface area (Å²) in [6, 6.07) is 24.0. The molecule has 0 bridgehead atoms. The first kappa shape index (κ1) is 19.7. The van der Waals surface area contributed by atoms with Crippen molar-refractivity contribution in [3.63, 3.8) is 0 Å². The number of H-pyrrole nitrogens is 1. The van der Waals surface area contributed by atoms with Gasteiger partial charge in [0.1, 0.15) is 5.82 Å². The second kappa shape index (κ2) is 8.82. The van der Waals surface area contributed by atoms with Gasteiger partial charge in [0, 0.05) is 25.2 Å². The second-order valence-corrected chi connectivity index (χ2v) is 7.66. The topological polar surface area (TPSA) is 61.0 Å². The molecule has 0 aliphatic rings. The van der Waals surface area contributed by atoms with Gasteiger partial charge in [-0.2, -0.15) is 0 Å². The molecular formula is C25H26N4O. The molecule has 0 aliphatic carbocycles. The van der Waals surface area contributed by atoms with Crippen LogP contribution in [-0.4, -0.2) is 27.4 Å². The molecule has 1 aromatic heterocycles. The molecule has 0 unspecified atom stereocenters. The highest BCUT2D eigenvalue weighted by molar-refractivity contribution is 5.89. The molecule has 5 heteroatoms. The molecule has 4 rings (SSSR count). The number of aryl methyl sites for hydroxylation is 2. The average molecular weight is 399 g/mol. The van der Waals surface area contributed by atoms with Gasteiger partial charge >= 0.3 is 6.03 Å². The first-order chi connectivity index (χ1) is 14.6. The Morgan fingerprint density at radius 1 is 0.967 bits per heavy atom. The number of carbonyl (C=O) groups excluding carboxylic acids is 1. The summed E-state index contributed by atoms with van der Waals surface area (Å²) in [6.07, 6.45) is 0.655. The number of rotatable bonds is 6. The molecule has 0 saturated carbocycles. The number of amides is 2. The quantitative estimate of drug-likeness (QED) is 0.453. The number of imidazole rings is 1. The summed E-state index contributed by atoms with van der Waals surface area (Å²) < 4.78 is 0. The monoisotopic (exact) mass is 398 g/mol. The maximum absolute atomic E-state index is 13.1. The molecule has 0 aliphatic heterocycles. The molecule has 4 aromatic rings. The van der Waals surface area contributed by atoms with E-state index in [1.807, 2.05) is 60.4 Å². The van der Waals surface area contributed by atoms with Crippen LogP contribution in [0.5, 0.6) is 0 Å². The molecule has 30 heavy (non-hydrogen) atoms. The maximum atomic E-state index is 13.1. The molecule has 2 amide bonds. The number of carbonyl (C=O) groups is 1. The van der Waals surface area contributed by atoms with Gasteiger partial charge in [0.05, 0.1) is 11.0 Å². The van der Waals surface area contributed by atoms with E-state index in [1.165, 1.54) is 5.56 Å². The van der Waals surface area contributed by atoms with Crippen LogP contribution >= 0.6 is 0 Å². The third-order valence-corrected chi connectivity index (χ3v) is 5.11. The Hall–Kier alpha value is -3.60. The SMILES string of the molecule is Cc1ccc(CN(CCc2nc3ccccc3[nH]2)C(=O)Nc2cccc(C)c2)cc1. The molecule has 2 N–H and O–H groups in total. The van der Waals surface area contributed by atoms with Gasteiger partial charge in [-0.3, -0.25) is 0 Å². The number of hydrogen-bond donors (Lipinski definition) is 2. The highest BCUT2D eigenvalue weighted by Crippen LogP contribution is 2.15. The Morgan fingerprint density at radius 2 is 1.77 bits per heavy atom. The third-order valence-electron chi connectivity index (χ3n) is 5.11. The van der Waals surface area contributed by atoms with E-state index < -0.39 is 0 Å². The van der Waals surface area contributed by atoms with Crippen molar-refractivity contribution in [3.05, 3.63) is 95.3 Å². The summed E-state index contributed by atoms with van der Waals surface area (Å²) in [5.74, 6) is 0.883. The van der Waals surface area contributed by atoms with Crippen molar-refractivity contribution in [3.8, 4) is 0 Å². The van der Waals surface area contributed by atoms with Gasteiger partial charge in [0.25, 0.3) is 0 Å². The molecule has 0 saturated heterocycles. The number of hydrogen-bond acceptors (Lipinski definition) is 2. The molecule has 0 radical (unpaired) electrons. The van der Waals surface area contributed by atoms with Gasteiger partial charge in [-0.25, -0.2) is 9.78 Å². The lowest BCUT2D eigenvalue weighted by Crippen LogP contribution is -2.36. The molecule has 1 heterocycles. The van der Waals surface area contributed by atoms with Crippen molar-refractivity contribution >= 4 is 22.8 Å². The van der Waals surface area contributed by atoms with Crippen LogP contribution in [-0.2, 0) is 13.0 Å². The first-order valence-electron chi connectivity index (χ1n) is 10.2. The van der Waals surface area contributed by atoms with Gasteiger partial charge < -0.3 is 15.2 Å². The largest absolute Gasteiger partial charge is 0.342 e.